The SMILES string of the molecule is CCS(=O)(=O)NC(C)Cc1ccsc1. The normalized spacial score (nSPS) is 14.1. The van der Waals surface area contributed by atoms with Crippen molar-refractivity contribution in [3.8, 4) is 0 Å². The number of rotatable bonds is 5. The van der Waals surface area contributed by atoms with Crippen LogP contribution in [-0.2, 0) is 16.4 Å². The van der Waals surface area contributed by atoms with Crippen LogP contribution in [0.4, 0.5) is 0 Å². The van der Waals surface area contributed by atoms with E-state index in [4.69, 9.17) is 0 Å². The Hall–Kier alpha value is -0.390. The second-order valence-corrected chi connectivity index (χ2v) is 6.08. The predicted molar refractivity (Wildman–Crippen MR) is 60.1 cm³/mol. The van der Waals surface area contributed by atoms with Crippen LogP contribution in [0, 0.1) is 0 Å². The Morgan fingerprint density at radius 1 is 1.57 bits per heavy atom. The van der Waals surface area contributed by atoms with E-state index in [1.807, 2.05) is 23.8 Å². The molecule has 0 aliphatic heterocycles. The van der Waals surface area contributed by atoms with Crippen molar-refractivity contribution in [3.63, 3.8) is 0 Å². The summed E-state index contributed by atoms with van der Waals surface area (Å²) in [7, 11) is -3.07. The zero-order valence-corrected chi connectivity index (χ0v) is 9.99. The van der Waals surface area contributed by atoms with Crippen LogP contribution in [0.15, 0.2) is 16.8 Å². The van der Waals surface area contributed by atoms with Crippen LogP contribution >= 0.6 is 11.3 Å². The second-order valence-electron chi connectivity index (χ2n) is 3.26. The molecule has 1 unspecified atom stereocenters. The summed E-state index contributed by atoms with van der Waals surface area (Å²) in [5.74, 6) is 0.140. The lowest BCUT2D eigenvalue weighted by atomic mass is 10.1. The van der Waals surface area contributed by atoms with Crippen molar-refractivity contribution in [3.05, 3.63) is 22.4 Å². The number of thiophene rings is 1. The lowest BCUT2D eigenvalue weighted by Crippen LogP contribution is -2.35. The van der Waals surface area contributed by atoms with E-state index in [0.29, 0.717) is 0 Å². The molecule has 0 spiro atoms. The minimum Gasteiger partial charge on any atom is -0.212 e. The van der Waals surface area contributed by atoms with Crippen LogP contribution in [0.2, 0.25) is 0 Å². The van der Waals surface area contributed by atoms with Gasteiger partial charge in [0.2, 0.25) is 10.0 Å². The van der Waals surface area contributed by atoms with Crippen LogP contribution in [0.5, 0.6) is 0 Å². The van der Waals surface area contributed by atoms with Crippen molar-refractivity contribution < 1.29 is 8.42 Å². The van der Waals surface area contributed by atoms with E-state index < -0.39 is 10.0 Å². The molecule has 14 heavy (non-hydrogen) atoms. The molecule has 1 rings (SSSR count). The molecular weight excluding hydrogens is 218 g/mol. The van der Waals surface area contributed by atoms with Gasteiger partial charge in [0.05, 0.1) is 5.75 Å². The predicted octanol–water partition coefficient (Wildman–Crippen LogP) is 1.62. The molecule has 1 aromatic rings. The first kappa shape index (κ1) is 11.7. The van der Waals surface area contributed by atoms with Crippen LogP contribution in [0.1, 0.15) is 19.4 Å². The highest BCUT2D eigenvalue weighted by Crippen LogP contribution is 2.08. The highest BCUT2D eigenvalue weighted by molar-refractivity contribution is 7.89. The summed E-state index contributed by atoms with van der Waals surface area (Å²) in [5.41, 5.74) is 1.18. The Kier molecular flexibility index (Phi) is 4.10. The van der Waals surface area contributed by atoms with Gasteiger partial charge in [0, 0.05) is 6.04 Å². The number of sulfonamides is 1. The molecule has 0 aliphatic carbocycles. The van der Waals surface area contributed by atoms with Gasteiger partial charge in [-0.15, -0.1) is 0 Å². The van der Waals surface area contributed by atoms with E-state index in [1.54, 1.807) is 18.3 Å². The third kappa shape index (κ3) is 3.77. The van der Waals surface area contributed by atoms with Gasteiger partial charge in [-0.2, -0.15) is 11.3 Å². The van der Waals surface area contributed by atoms with Gasteiger partial charge in [0.25, 0.3) is 0 Å². The van der Waals surface area contributed by atoms with E-state index in [0.717, 1.165) is 6.42 Å². The van der Waals surface area contributed by atoms with Crippen LogP contribution in [0.25, 0.3) is 0 Å². The fourth-order valence-electron chi connectivity index (χ4n) is 1.19. The molecule has 0 bridgehead atoms. The molecule has 80 valence electrons. The first-order chi connectivity index (χ1) is 6.53. The van der Waals surface area contributed by atoms with Crippen molar-refractivity contribution in [1.82, 2.24) is 4.72 Å². The van der Waals surface area contributed by atoms with Crippen molar-refractivity contribution in [2.45, 2.75) is 26.3 Å². The maximum atomic E-state index is 11.2. The lowest BCUT2D eigenvalue weighted by Gasteiger charge is -2.12. The fraction of sp³-hybridized carbons (Fsp3) is 0.556. The Balaban J connectivity index is 2.48. The Bertz CT molecular complexity index is 356. The summed E-state index contributed by atoms with van der Waals surface area (Å²) < 4.78 is 25.1. The maximum Gasteiger partial charge on any atom is 0.211 e. The molecule has 0 saturated carbocycles. The van der Waals surface area contributed by atoms with Gasteiger partial charge >= 0.3 is 0 Å². The molecule has 0 saturated heterocycles. The van der Waals surface area contributed by atoms with Crippen LogP contribution < -0.4 is 4.72 Å². The highest BCUT2D eigenvalue weighted by Gasteiger charge is 2.12. The quantitative estimate of drug-likeness (QED) is 0.840. The van der Waals surface area contributed by atoms with Gasteiger partial charge in [0.1, 0.15) is 0 Å². The molecule has 1 atom stereocenters. The van der Waals surface area contributed by atoms with Crippen molar-refractivity contribution in [1.29, 1.82) is 0 Å². The van der Waals surface area contributed by atoms with Gasteiger partial charge < -0.3 is 0 Å². The van der Waals surface area contributed by atoms with E-state index in [2.05, 4.69) is 4.72 Å². The van der Waals surface area contributed by atoms with Crippen molar-refractivity contribution in [2.75, 3.05) is 5.75 Å². The maximum absolute atomic E-state index is 11.2. The number of hydrogen-bond donors (Lipinski definition) is 1. The molecule has 0 aromatic carbocycles. The zero-order valence-electron chi connectivity index (χ0n) is 8.36. The van der Waals surface area contributed by atoms with E-state index >= 15 is 0 Å². The summed E-state index contributed by atoms with van der Waals surface area (Å²) in [5, 5.41) is 4.03. The van der Waals surface area contributed by atoms with E-state index in [9.17, 15) is 8.42 Å². The fourth-order valence-corrected chi connectivity index (χ4v) is 2.74. The largest absolute Gasteiger partial charge is 0.212 e. The van der Waals surface area contributed by atoms with Crippen molar-refractivity contribution >= 4 is 21.4 Å². The number of hydrogen-bond acceptors (Lipinski definition) is 3. The molecule has 0 fully saturated rings. The van der Waals surface area contributed by atoms with Gasteiger partial charge in [-0.3, -0.25) is 0 Å². The summed E-state index contributed by atoms with van der Waals surface area (Å²) in [6, 6.07) is 1.98. The summed E-state index contributed by atoms with van der Waals surface area (Å²) in [4.78, 5) is 0. The topological polar surface area (TPSA) is 46.2 Å². The average Bonchev–Trinajstić information content (AvgIpc) is 2.55. The first-order valence-electron chi connectivity index (χ1n) is 4.54. The second kappa shape index (κ2) is 4.91. The van der Waals surface area contributed by atoms with E-state index in [-0.39, 0.29) is 11.8 Å². The first-order valence-corrected chi connectivity index (χ1v) is 7.14. The molecule has 1 N–H and O–H groups in total. The summed E-state index contributed by atoms with van der Waals surface area (Å²) >= 11 is 1.63. The van der Waals surface area contributed by atoms with Crippen LogP contribution in [-0.4, -0.2) is 20.2 Å². The monoisotopic (exact) mass is 233 g/mol. The average molecular weight is 233 g/mol. The molecule has 1 aromatic heterocycles. The Labute approximate surface area is 89.2 Å². The summed E-state index contributed by atoms with van der Waals surface area (Å²) in [6.07, 6.45) is 0.753. The van der Waals surface area contributed by atoms with Gasteiger partial charge in [0.15, 0.2) is 0 Å². The standard InChI is InChI=1S/C9H15NO2S2/c1-3-14(11,12)10-8(2)6-9-4-5-13-7-9/h4-5,7-8,10H,3,6H2,1-2H3. The summed E-state index contributed by atoms with van der Waals surface area (Å²) in [6.45, 7) is 3.52. The molecule has 0 aliphatic rings. The van der Waals surface area contributed by atoms with E-state index in [1.165, 1.54) is 5.56 Å². The molecule has 5 heteroatoms. The molecule has 0 radical (unpaired) electrons. The molecule has 3 nitrogen and oxygen atoms in total. The highest BCUT2D eigenvalue weighted by atomic mass is 32.2. The van der Waals surface area contributed by atoms with Crippen LogP contribution in [0.3, 0.4) is 0 Å². The van der Waals surface area contributed by atoms with Gasteiger partial charge in [-0.1, -0.05) is 0 Å². The molecule has 1 heterocycles. The Morgan fingerprint density at radius 2 is 2.29 bits per heavy atom. The smallest absolute Gasteiger partial charge is 0.211 e. The minimum atomic E-state index is -3.07. The zero-order chi connectivity index (χ0) is 10.6. The Morgan fingerprint density at radius 3 is 2.79 bits per heavy atom. The molecule has 0 amide bonds. The number of nitrogens with one attached hydrogen (secondary N) is 1. The molecular formula is C9H15NO2S2. The minimum absolute atomic E-state index is 0.0328. The third-order valence-electron chi connectivity index (χ3n) is 1.88. The lowest BCUT2D eigenvalue weighted by molar-refractivity contribution is 0.561. The third-order valence-corrected chi connectivity index (χ3v) is 4.14. The van der Waals surface area contributed by atoms with Gasteiger partial charge in [-0.05, 0) is 42.7 Å². The van der Waals surface area contributed by atoms with Gasteiger partial charge in [-0.25, -0.2) is 13.1 Å². The van der Waals surface area contributed by atoms with Crippen molar-refractivity contribution in [2.24, 2.45) is 0 Å².